The van der Waals surface area contributed by atoms with Gasteiger partial charge in [0.2, 0.25) is 0 Å². The van der Waals surface area contributed by atoms with Crippen molar-refractivity contribution in [2.75, 3.05) is 33.9 Å². The molecule has 7 heteroatoms. The average Bonchev–Trinajstić information content (AvgIpc) is 3.42. The molecule has 3 heterocycles. The van der Waals surface area contributed by atoms with Crippen LogP contribution in [0.15, 0.2) is 48.8 Å². The Morgan fingerprint density at radius 1 is 1.21 bits per heavy atom. The number of methoxy groups -OCH3 is 1. The summed E-state index contributed by atoms with van der Waals surface area (Å²) in [5, 5.41) is 0. The van der Waals surface area contributed by atoms with Crippen LogP contribution in [0.5, 0.6) is 5.75 Å². The van der Waals surface area contributed by atoms with Crippen molar-refractivity contribution in [1.82, 2.24) is 14.8 Å². The number of carbonyl (C=O) groups excluding carboxylic acids is 2. The molecule has 2 aromatic rings. The highest BCUT2D eigenvalue weighted by Crippen LogP contribution is 2.29. The number of likely N-dealkylation sites (tertiary alicyclic amines) is 1. The average molecular weight is 452 g/mol. The summed E-state index contributed by atoms with van der Waals surface area (Å²) in [6.07, 6.45) is 7.23. The van der Waals surface area contributed by atoms with Crippen LogP contribution in [0, 0.1) is 5.92 Å². The molecular formula is C26H33N3O4. The van der Waals surface area contributed by atoms with Crippen molar-refractivity contribution in [3.05, 3.63) is 59.9 Å². The first-order valence-electron chi connectivity index (χ1n) is 11.8. The van der Waals surface area contributed by atoms with E-state index in [2.05, 4.69) is 11.1 Å². The van der Waals surface area contributed by atoms with E-state index in [1.807, 2.05) is 35.0 Å². The maximum atomic E-state index is 13.3. The van der Waals surface area contributed by atoms with Gasteiger partial charge in [0, 0.05) is 45.2 Å². The number of carbonyl (C=O) groups is 2. The van der Waals surface area contributed by atoms with Gasteiger partial charge < -0.3 is 19.3 Å². The minimum absolute atomic E-state index is 0.00444. The van der Waals surface area contributed by atoms with Crippen molar-refractivity contribution in [2.24, 2.45) is 5.92 Å². The molecular weight excluding hydrogens is 418 g/mol. The summed E-state index contributed by atoms with van der Waals surface area (Å²) in [5.74, 6) is 1.18. The van der Waals surface area contributed by atoms with Crippen LogP contribution >= 0.6 is 0 Å². The van der Waals surface area contributed by atoms with E-state index in [0.29, 0.717) is 25.3 Å². The third-order valence-electron chi connectivity index (χ3n) is 6.91. The molecule has 2 fully saturated rings. The summed E-state index contributed by atoms with van der Waals surface area (Å²) >= 11 is 0. The number of aromatic nitrogens is 1. The highest BCUT2D eigenvalue weighted by Gasteiger charge is 2.35. The number of benzene rings is 1. The third kappa shape index (κ3) is 5.53. The Balaban J connectivity index is 1.49. The summed E-state index contributed by atoms with van der Waals surface area (Å²) in [5.41, 5.74) is 1.71. The molecule has 0 aliphatic carbocycles. The van der Waals surface area contributed by atoms with Gasteiger partial charge >= 0.3 is 0 Å². The van der Waals surface area contributed by atoms with Gasteiger partial charge in [-0.15, -0.1) is 0 Å². The zero-order valence-electron chi connectivity index (χ0n) is 19.5. The molecule has 2 amide bonds. The molecule has 0 saturated carbocycles. The molecule has 176 valence electrons. The Morgan fingerprint density at radius 3 is 2.70 bits per heavy atom. The molecule has 33 heavy (non-hydrogen) atoms. The van der Waals surface area contributed by atoms with Crippen LogP contribution in [0.1, 0.15) is 41.6 Å². The van der Waals surface area contributed by atoms with Crippen molar-refractivity contribution in [1.29, 1.82) is 0 Å². The minimum atomic E-state index is -0.274. The molecule has 2 aliphatic heterocycles. The standard InChI is InChI=1S/C26H33N3O4/c1-28(25(30)21-7-4-12-27-18-21)23(17-19-6-3-8-22(16-19)32-2)20-10-13-29(14-11-20)26(31)24-9-5-15-33-24/h3-4,6-8,12,16,18,20,23-24H,5,9-11,13-15,17H2,1-2H3/t23-,24+/m0/s1. The van der Waals surface area contributed by atoms with Gasteiger partial charge in [-0.3, -0.25) is 14.6 Å². The summed E-state index contributed by atoms with van der Waals surface area (Å²) in [4.78, 5) is 34.0. The Morgan fingerprint density at radius 2 is 2.03 bits per heavy atom. The van der Waals surface area contributed by atoms with Gasteiger partial charge in [0.1, 0.15) is 11.9 Å². The van der Waals surface area contributed by atoms with Gasteiger partial charge in [0.15, 0.2) is 0 Å². The Bertz CT molecular complexity index is 938. The van der Waals surface area contributed by atoms with Gasteiger partial charge in [0.05, 0.1) is 12.7 Å². The summed E-state index contributed by atoms with van der Waals surface area (Å²) in [6, 6.07) is 11.6. The van der Waals surface area contributed by atoms with E-state index in [9.17, 15) is 9.59 Å². The van der Waals surface area contributed by atoms with E-state index in [4.69, 9.17) is 9.47 Å². The second-order valence-electron chi connectivity index (χ2n) is 8.95. The molecule has 4 rings (SSSR count). The first-order chi connectivity index (χ1) is 16.1. The lowest BCUT2D eigenvalue weighted by atomic mass is 9.84. The van der Waals surface area contributed by atoms with E-state index in [-0.39, 0.29) is 29.9 Å². The molecule has 0 unspecified atom stereocenters. The highest BCUT2D eigenvalue weighted by atomic mass is 16.5. The number of likely N-dealkylation sites (N-methyl/N-ethyl adjacent to an activating group) is 1. The van der Waals surface area contributed by atoms with Crippen LogP contribution in [0.4, 0.5) is 0 Å². The van der Waals surface area contributed by atoms with E-state index in [1.54, 1.807) is 31.6 Å². The molecule has 7 nitrogen and oxygen atoms in total. The van der Waals surface area contributed by atoms with E-state index < -0.39 is 0 Å². The highest BCUT2D eigenvalue weighted by molar-refractivity contribution is 5.94. The van der Waals surface area contributed by atoms with Crippen molar-refractivity contribution < 1.29 is 19.1 Å². The third-order valence-corrected chi connectivity index (χ3v) is 6.91. The topological polar surface area (TPSA) is 72.0 Å². The van der Waals surface area contributed by atoms with Crippen molar-refractivity contribution in [2.45, 2.75) is 44.2 Å². The van der Waals surface area contributed by atoms with E-state index in [0.717, 1.165) is 43.4 Å². The van der Waals surface area contributed by atoms with Crippen LogP contribution < -0.4 is 4.74 Å². The van der Waals surface area contributed by atoms with Gasteiger partial charge in [-0.05, 0) is 67.9 Å². The Kier molecular flexibility index (Phi) is 7.60. The van der Waals surface area contributed by atoms with Crippen molar-refractivity contribution in [3.63, 3.8) is 0 Å². The lowest BCUT2D eigenvalue weighted by molar-refractivity contribution is -0.142. The first-order valence-corrected chi connectivity index (χ1v) is 11.8. The smallest absolute Gasteiger partial charge is 0.255 e. The molecule has 1 aromatic heterocycles. The number of piperidine rings is 1. The van der Waals surface area contributed by atoms with Crippen LogP contribution in [0.2, 0.25) is 0 Å². The molecule has 2 atom stereocenters. The summed E-state index contributed by atoms with van der Waals surface area (Å²) in [6.45, 7) is 2.08. The normalized spacial score (nSPS) is 19.8. The minimum Gasteiger partial charge on any atom is -0.497 e. The van der Waals surface area contributed by atoms with Crippen LogP contribution in [0.25, 0.3) is 0 Å². The fourth-order valence-electron chi connectivity index (χ4n) is 4.98. The Hall–Kier alpha value is -2.93. The second-order valence-corrected chi connectivity index (χ2v) is 8.95. The summed E-state index contributed by atoms with van der Waals surface area (Å²) in [7, 11) is 3.54. The maximum Gasteiger partial charge on any atom is 0.255 e. The lowest BCUT2D eigenvalue weighted by Gasteiger charge is -2.40. The van der Waals surface area contributed by atoms with Crippen LogP contribution in [-0.2, 0) is 16.0 Å². The van der Waals surface area contributed by atoms with Crippen molar-refractivity contribution >= 4 is 11.8 Å². The molecule has 0 bridgehead atoms. The fraction of sp³-hybridized carbons (Fsp3) is 0.500. The quantitative estimate of drug-likeness (QED) is 0.647. The SMILES string of the molecule is COc1cccc(C[C@@H](C2CCN(C(=O)[C@H]3CCCO3)CC2)N(C)C(=O)c2cccnc2)c1. The molecule has 2 aliphatic rings. The molecule has 0 radical (unpaired) electrons. The lowest BCUT2D eigenvalue weighted by Crippen LogP contribution is -2.50. The Labute approximate surface area is 195 Å². The number of nitrogens with zero attached hydrogens (tertiary/aromatic N) is 3. The van der Waals surface area contributed by atoms with Gasteiger partial charge in [-0.1, -0.05) is 12.1 Å². The zero-order valence-corrected chi connectivity index (χ0v) is 19.5. The van der Waals surface area contributed by atoms with E-state index in [1.165, 1.54) is 0 Å². The first kappa shape index (κ1) is 23.2. The molecule has 2 saturated heterocycles. The summed E-state index contributed by atoms with van der Waals surface area (Å²) < 4.78 is 11.0. The number of hydrogen-bond donors (Lipinski definition) is 0. The predicted molar refractivity (Wildman–Crippen MR) is 125 cm³/mol. The molecule has 1 aromatic carbocycles. The monoisotopic (exact) mass is 451 g/mol. The van der Waals surface area contributed by atoms with E-state index >= 15 is 0 Å². The maximum absolute atomic E-state index is 13.3. The number of rotatable bonds is 7. The zero-order chi connectivity index (χ0) is 23.2. The van der Waals surface area contributed by atoms with Gasteiger partial charge in [-0.2, -0.15) is 0 Å². The number of hydrogen-bond acceptors (Lipinski definition) is 5. The van der Waals surface area contributed by atoms with Crippen LogP contribution in [-0.4, -0.2) is 72.6 Å². The number of pyridine rings is 1. The molecule has 0 spiro atoms. The predicted octanol–water partition coefficient (Wildman–Crippen LogP) is 3.19. The second kappa shape index (κ2) is 10.8. The number of amides is 2. The van der Waals surface area contributed by atoms with Crippen molar-refractivity contribution in [3.8, 4) is 5.75 Å². The molecule has 0 N–H and O–H groups in total. The number of ether oxygens (including phenoxy) is 2. The van der Waals surface area contributed by atoms with Gasteiger partial charge in [-0.25, -0.2) is 0 Å². The van der Waals surface area contributed by atoms with Crippen LogP contribution in [0.3, 0.4) is 0 Å². The largest absolute Gasteiger partial charge is 0.497 e. The fourth-order valence-corrected chi connectivity index (χ4v) is 4.98. The van der Waals surface area contributed by atoms with Gasteiger partial charge in [0.25, 0.3) is 11.8 Å².